The van der Waals surface area contributed by atoms with E-state index in [9.17, 15) is 4.79 Å². The molecule has 0 bridgehead atoms. The summed E-state index contributed by atoms with van der Waals surface area (Å²) >= 11 is 0. The van der Waals surface area contributed by atoms with Gasteiger partial charge in [0.25, 0.3) is 5.91 Å². The molecule has 25 heavy (non-hydrogen) atoms. The zero-order valence-electron chi connectivity index (χ0n) is 14.1. The minimum absolute atomic E-state index is 0.129. The zero-order chi connectivity index (χ0) is 17.5. The average Bonchev–Trinajstić information content (AvgIpc) is 2.65. The standard InChI is InChI=1S/C21H20N2O2/c1-2-16-7-9-17(10-8-16)14-22-25-15-21(24)23-20-12-11-18-5-3-4-6-19(18)13-20/h3-14H,2,15H2,1H3,(H,23,24)/b22-14-. The fraction of sp³-hybridized carbons (Fsp3) is 0.143. The van der Waals surface area contributed by atoms with Crippen LogP contribution in [0, 0.1) is 0 Å². The third-order valence-electron chi connectivity index (χ3n) is 3.89. The van der Waals surface area contributed by atoms with Gasteiger partial charge in [-0.3, -0.25) is 4.79 Å². The highest BCUT2D eigenvalue weighted by atomic mass is 16.6. The van der Waals surface area contributed by atoms with Crippen LogP contribution in [0.15, 0.2) is 71.9 Å². The molecule has 126 valence electrons. The Morgan fingerprint density at radius 3 is 2.56 bits per heavy atom. The Morgan fingerprint density at radius 2 is 1.80 bits per heavy atom. The summed E-state index contributed by atoms with van der Waals surface area (Å²) in [4.78, 5) is 17.0. The highest BCUT2D eigenvalue weighted by molar-refractivity contribution is 5.95. The van der Waals surface area contributed by atoms with Gasteiger partial charge in [0, 0.05) is 5.69 Å². The van der Waals surface area contributed by atoms with Crippen molar-refractivity contribution in [2.45, 2.75) is 13.3 Å². The number of carbonyl (C=O) groups excluding carboxylic acids is 1. The van der Waals surface area contributed by atoms with Gasteiger partial charge in [0.15, 0.2) is 6.61 Å². The normalized spacial score (nSPS) is 10.9. The van der Waals surface area contributed by atoms with E-state index < -0.39 is 0 Å². The fourth-order valence-corrected chi connectivity index (χ4v) is 2.50. The molecule has 3 aromatic carbocycles. The maximum absolute atomic E-state index is 11.9. The molecule has 0 fully saturated rings. The lowest BCUT2D eigenvalue weighted by atomic mass is 10.1. The number of oxime groups is 1. The average molecular weight is 332 g/mol. The predicted octanol–water partition coefficient (Wildman–Crippen LogP) is 4.39. The van der Waals surface area contributed by atoms with Crippen molar-refractivity contribution in [3.05, 3.63) is 77.9 Å². The van der Waals surface area contributed by atoms with Crippen molar-refractivity contribution in [3.8, 4) is 0 Å². The van der Waals surface area contributed by atoms with Crippen LogP contribution in [0.3, 0.4) is 0 Å². The van der Waals surface area contributed by atoms with Gasteiger partial charge < -0.3 is 10.2 Å². The quantitative estimate of drug-likeness (QED) is 0.537. The van der Waals surface area contributed by atoms with Gasteiger partial charge in [0.1, 0.15) is 0 Å². The van der Waals surface area contributed by atoms with Crippen molar-refractivity contribution in [2.24, 2.45) is 5.16 Å². The Bertz CT molecular complexity index is 886. The van der Waals surface area contributed by atoms with Gasteiger partial charge in [0.2, 0.25) is 0 Å². The molecule has 0 saturated carbocycles. The Balaban J connectivity index is 1.50. The number of nitrogens with one attached hydrogen (secondary N) is 1. The van der Waals surface area contributed by atoms with Crippen molar-refractivity contribution in [1.82, 2.24) is 0 Å². The van der Waals surface area contributed by atoms with E-state index in [0.717, 1.165) is 28.4 Å². The zero-order valence-corrected chi connectivity index (χ0v) is 14.1. The number of hydrogen-bond donors (Lipinski definition) is 1. The first-order valence-corrected chi connectivity index (χ1v) is 8.27. The molecule has 3 rings (SSSR count). The summed E-state index contributed by atoms with van der Waals surface area (Å²) in [7, 11) is 0. The minimum atomic E-state index is -0.242. The molecule has 0 aliphatic carbocycles. The summed E-state index contributed by atoms with van der Waals surface area (Å²) in [6.45, 7) is 1.98. The Morgan fingerprint density at radius 1 is 1.04 bits per heavy atom. The van der Waals surface area contributed by atoms with E-state index in [4.69, 9.17) is 4.84 Å². The van der Waals surface area contributed by atoms with Crippen LogP contribution in [0.25, 0.3) is 10.8 Å². The summed E-state index contributed by atoms with van der Waals surface area (Å²) in [6.07, 6.45) is 2.60. The van der Waals surface area contributed by atoms with Crippen LogP contribution in [0.1, 0.15) is 18.1 Å². The van der Waals surface area contributed by atoms with Gasteiger partial charge in [0.05, 0.1) is 6.21 Å². The Kier molecular flexibility index (Phi) is 5.42. The van der Waals surface area contributed by atoms with Crippen LogP contribution in [0.2, 0.25) is 0 Å². The largest absolute Gasteiger partial charge is 0.386 e. The number of benzene rings is 3. The molecule has 1 N–H and O–H groups in total. The van der Waals surface area contributed by atoms with Gasteiger partial charge in [-0.2, -0.15) is 0 Å². The van der Waals surface area contributed by atoms with Crippen LogP contribution in [-0.4, -0.2) is 18.7 Å². The van der Waals surface area contributed by atoms with Crippen LogP contribution >= 0.6 is 0 Å². The van der Waals surface area contributed by atoms with Crippen LogP contribution in [0.5, 0.6) is 0 Å². The number of fused-ring (bicyclic) bond motifs is 1. The van der Waals surface area contributed by atoms with Gasteiger partial charge in [-0.1, -0.05) is 66.7 Å². The number of carbonyl (C=O) groups is 1. The molecule has 0 unspecified atom stereocenters. The number of aryl methyl sites for hydroxylation is 1. The second-order valence-corrected chi connectivity index (χ2v) is 5.71. The first-order valence-electron chi connectivity index (χ1n) is 8.27. The van der Waals surface area contributed by atoms with E-state index in [0.29, 0.717) is 0 Å². The van der Waals surface area contributed by atoms with Crippen molar-refractivity contribution in [2.75, 3.05) is 11.9 Å². The molecule has 0 spiro atoms. The predicted molar refractivity (Wildman–Crippen MR) is 102 cm³/mol. The maximum Gasteiger partial charge on any atom is 0.265 e. The first kappa shape index (κ1) is 16.7. The lowest BCUT2D eigenvalue weighted by molar-refractivity contribution is -0.120. The Hall–Kier alpha value is -3.14. The molecule has 0 atom stereocenters. The summed E-state index contributed by atoms with van der Waals surface area (Å²) in [5.41, 5.74) is 2.95. The van der Waals surface area contributed by atoms with Gasteiger partial charge in [-0.05, 0) is 40.5 Å². The molecule has 0 heterocycles. The molecule has 4 heteroatoms. The molecule has 4 nitrogen and oxygen atoms in total. The third-order valence-corrected chi connectivity index (χ3v) is 3.89. The monoisotopic (exact) mass is 332 g/mol. The van der Waals surface area contributed by atoms with E-state index in [1.807, 2.05) is 66.7 Å². The molecule has 0 aromatic heterocycles. The van der Waals surface area contributed by atoms with E-state index in [-0.39, 0.29) is 12.5 Å². The van der Waals surface area contributed by atoms with Crippen molar-refractivity contribution in [1.29, 1.82) is 0 Å². The lowest BCUT2D eigenvalue weighted by Gasteiger charge is -2.06. The number of nitrogens with zero attached hydrogens (tertiary/aromatic N) is 1. The van der Waals surface area contributed by atoms with Crippen molar-refractivity contribution >= 4 is 28.6 Å². The maximum atomic E-state index is 11.9. The second kappa shape index (κ2) is 8.11. The Labute approximate surface area is 147 Å². The van der Waals surface area contributed by atoms with E-state index in [2.05, 4.69) is 17.4 Å². The number of amides is 1. The van der Waals surface area contributed by atoms with Gasteiger partial charge >= 0.3 is 0 Å². The van der Waals surface area contributed by atoms with Crippen LogP contribution in [0.4, 0.5) is 5.69 Å². The third kappa shape index (κ3) is 4.67. The highest BCUT2D eigenvalue weighted by Gasteiger charge is 2.03. The molecule has 1 amide bonds. The van der Waals surface area contributed by atoms with Crippen LogP contribution < -0.4 is 5.32 Å². The van der Waals surface area contributed by atoms with Gasteiger partial charge in [-0.15, -0.1) is 0 Å². The number of hydrogen-bond acceptors (Lipinski definition) is 3. The smallest absolute Gasteiger partial charge is 0.265 e. The molecule has 0 aliphatic heterocycles. The van der Waals surface area contributed by atoms with E-state index >= 15 is 0 Å². The van der Waals surface area contributed by atoms with Crippen LogP contribution in [-0.2, 0) is 16.1 Å². The number of anilines is 1. The fourth-order valence-electron chi connectivity index (χ4n) is 2.50. The van der Waals surface area contributed by atoms with Crippen molar-refractivity contribution in [3.63, 3.8) is 0 Å². The lowest BCUT2D eigenvalue weighted by Crippen LogP contribution is -2.16. The molecule has 0 saturated heterocycles. The summed E-state index contributed by atoms with van der Waals surface area (Å²) in [5.74, 6) is -0.242. The van der Waals surface area contributed by atoms with Crippen molar-refractivity contribution < 1.29 is 9.63 Å². The number of rotatable bonds is 6. The van der Waals surface area contributed by atoms with Gasteiger partial charge in [-0.25, -0.2) is 0 Å². The molecular formula is C21H20N2O2. The summed E-state index contributed by atoms with van der Waals surface area (Å²) < 4.78 is 0. The molecule has 0 aliphatic rings. The highest BCUT2D eigenvalue weighted by Crippen LogP contribution is 2.18. The molecule has 0 radical (unpaired) electrons. The van der Waals surface area contributed by atoms with E-state index in [1.54, 1.807) is 6.21 Å². The summed E-state index contributed by atoms with van der Waals surface area (Å²) in [5, 5.41) is 8.87. The second-order valence-electron chi connectivity index (χ2n) is 5.71. The van der Waals surface area contributed by atoms with E-state index in [1.165, 1.54) is 5.56 Å². The molecule has 3 aromatic rings. The topological polar surface area (TPSA) is 50.7 Å². The minimum Gasteiger partial charge on any atom is -0.386 e. The first-order chi connectivity index (χ1) is 12.2. The molecular weight excluding hydrogens is 312 g/mol. The SMILES string of the molecule is CCc1ccc(/C=N\OCC(=O)Nc2ccc3ccccc3c2)cc1. The summed E-state index contributed by atoms with van der Waals surface area (Å²) in [6, 6.07) is 21.8.